The smallest absolute Gasteiger partial charge is 0.162 e. The van der Waals surface area contributed by atoms with Crippen LogP contribution in [-0.2, 0) is 0 Å². The van der Waals surface area contributed by atoms with E-state index in [9.17, 15) is 0 Å². The summed E-state index contributed by atoms with van der Waals surface area (Å²) >= 11 is 0. The standard InChI is InChI=1S/C64H40N6/c1-3-17-39(18-4-1)63-65-53(37-59(67-63)69-55-27-13-9-21-43(55)44-22-10-14-28-56(44)69)41-31-33-49-51(35-41)61-47-25-7-8-26-48(47)62(49)52-36-42(32-34-50(52)61)54-38-60(68-64(66-54)40-19-5-2-6-20-40)70-57-29-15-11-23-45(57)46-24-12-16-30-58(46)70/h1-38,61-62H. The van der Waals surface area contributed by atoms with Gasteiger partial charge in [-0.25, -0.2) is 19.9 Å². The van der Waals surface area contributed by atoms with Gasteiger partial charge in [-0.1, -0.05) is 182 Å². The number of para-hydroxylation sites is 4. The van der Waals surface area contributed by atoms with Crippen LogP contribution >= 0.6 is 0 Å². The van der Waals surface area contributed by atoms with Gasteiger partial charge >= 0.3 is 0 Å². The molecule has 4 aromatic heterocycles. The first-order valence-electron chi connectivity index (χ1n) is 24.0. The zero-order valence-corrected chi connectivity index (χ0v) is 37.8. The second kappa shape index (κ2) is 15.1. The Bertz CT molecular complexity index is 3880. The van der Waals surface area contributed by atoms with Crippen LogP contribution in [-0.4, -0.2) is 29.1 Å². The highest BCUT2D eigenvalue weighted by Gasteiger charge is 2.41. The molecule has 0 fully saturated rings. The Hall–Kier alpha value is -9.26. The van der Waals surface area contributed by atoms with Crippen LogP contribution in [0.25, 0.3) is 101 Å². The van der Waals surface area contributed by atoms with Crippen molar-refractivity contribution in [3.05, 3.63) is 264 Å². The van der Waals surface area contributed by atoms with Gasteiger partial charge in [0, 0.05) is 67.8 Å². The van der Waals surface area contributed by atoms with E-state index in [-0.39, 0.29) is 11.8 Å². The van der Waals surface area contributed by atoms with E-state index in [1.165, 1.54) is 54.9 Å². The lowest BCUT2D eigenvalue weighted by Crippen LogP contribution is -2.27. The zero-order chi connectivity index (χ0) is 45.9. The number of hydrogen-bond acceptors (Lipinski definition) is 4. The van der Waals surface area contributed by atoms with Gasteiger partial charge in [0.05, 0.1) is 33.5 Å². The average Bonchev–Trinajstić information content (AvgIpc) is 3.96. The van der Waals surface area contributed by atoms with Crippen molar-refractivity contribution < 1.29 is 0 Å². The lowest BCUT2D eigenvalue weighted by Gasteiger charge is -2.42. The summed E-state index contributed by atoms with van der Waals surface area (Å²) in [6.45, 7) is 0. The topological polar surface area (TPSA) is 61.4 Å². The lowest BCUT2D eigenvalue weighted by atomic mass is 9.60. The molecule has 6 heteroatoms. The van der Waals surface area contributed by atoms with Gasteiger partial charge < -0.3 is 0 Å². The molecule has 0 radical (unpaired) electrons. The molecule has 0 saturated carbocycles. The first kappa shape index (κ1) is 38.8. The van der Waals surface area contributed by atoms with Gasteiger partial charge in [0.1, 0.15) is 11.6 Å². The van der Waals surface area contributed by atoms with Crippen LogP contribution in [0.1, 0.15) is 45.2 Å². The second-order valence-corrected chi connectivity index (χ2v) is 18.5. The zero-order valence-electron chi connectivity index (χ0n) is 37.8. The summed E-state index contributed by atoms with van der Waals surface area (Å²) in [7, 11) is 0. The third-order valence-corrected chi connectivity index (χ3v) is 14.7. The molecular weight excluding hydrogens is 853 g/mol. The number of rotatable bonds is 6. The fraction of sp³-hybridized carbons (Fsp3) is 0.0312. The van der Waals surface area contributed by atoms with Crippen molar-refractivity contribution in [2.75, 3.05) is 0 Å². The molecule has 3 aliphatic rings. The maximum atomic E-state index is 5.34. The fourth-order valence-electron chi connectivity index (χ4n) is 11.7. The molecular formula is C64H40N6. The maximum absolute atomic E-state index is 5.34. The van der Waals surface area contributed by atoms with E-state index in [2.05, 4.69) is 228 Å². The van der Waals surface area contributed by atoms with Crippen molar-refractivity contribution in [2.45, 2.75) is 11.8 Å². The van der Waals surface area contributed by atoms with E-state index in [1.807, 2.05) is 12.1 Å². The van der Waals surface area contributed by atoms with Gasteiger partial charge in [0.2, 0.25) is 0 Å². The van der Waals surface area contributed by atoms with Crippen molar-refractivity contribution in [1.82, 2.24) is 29.1 Å². The summed E-state index contributed by atoms with van der Waals surface area (Å²) in [6, 6.07) is 82.5. The molecule has 16 rings (SSSR count). The highest BCUT2D eigenvalue weighted by atomic mass is 15.1. The van der Waals surface area contributed by atoms with Crippen LogP contribution in [0.2, 0.25) is 0 Å². The number of benzene rings is 9. The minimum atomic E-state index is 0.0471. The Morgan fingerprint density at radius 2 is 0.586 bits per heavy atom. The van der Waals surface area contributed by atoms with Crippen LogP contribution in [0, 0.1) is 0 Å². The minimum absolute atomic E-state index is 0.0471. The molecule has 0 spiro atoms. The number of hydrogen-bond donors (Lipinski definition) is 0. The molecule has 70 heavy (non-hydrogen) atoms. The predicted molar refractivity (Wildman–Crippen MR) is 283 cm³/mol. The molecule has 0 saturated heterocycles. The summed E-state index contributed by atoms with van der Waals surface area (Å²) < 4.78 is 4.58. The Morgan fingerprint density at radius 3 is 0.971 bits per heavy atom. The SMILES string of the molecule is c1ccc(-c2nc(-c3ccc4c(c3)C3c5ccccc5C4c4cc(-c5cc(-n6c7ccccc7c7ccccc76)nc(-c6ccccc6)n5)ccc43)cc(-n3c4ccccc4c4ccccc43)n2)cc1. The van der Waals surface area contributed by atoms with E-state index in [1.54, 1.807) is 0 Å². The fourth-order valence-corrected chi connectivity index (χ4v) is 11.7. The summed E-state index contributed by atoms with van der Waals surface area (Å²) in [5, 5.41) is 4.80. The molecule has 2 unspecified atom stereocenters. The van der Waals surface area contributed by atoms with Crippen molar-refractivity contribution >= 4 is 43.6 Å². The Kier molecular flexibility index (Phi) is 8.38. The van der Waals surface area contributed by atoms with Gasteiger partial charge in [-0.05, 0) is 69.8 Å². The monoisotopic (exact) mass is 892 g/mol. The average molecular weight is 893 g/mol. The van der Waals surface area contributed by atoms with Crippen LogP contribution in [0.4, 0.5) is 0 Å². The molecule has 326 valence electrons. The third kappa shape index (κ3) is 5.80. The van der Waals surface area contributed by atoms with E-state index in [0.717, 1.165) is 67.3 Å². The van der Waals surface area contributed by atoms with E-state index >= 15 is 0 Å². The third-order valence-electron chi connectivity index (χ3n) is 14.7. The number of fused-ring (bicyclic) bond motifs is 6. The van der Waals surface area contributed by atoms with E-state index < -0.39 is 0 Å². The first-order chi connectivity index (χ1) is 34.7. The molecule has 3 aliphatic carbocycles. The summed E-state index contributed by atoms with van der Waals surface area (Å²) in [5.74, 6) is 3.16. The van der Waals surface area contributed by atoms with Crippen molar-refractivity contribution in [1.29, 1.82) is 0 Å². The molecule has 2 atom stereocenters. The second-order valence-electron chi connectivity index (χ2n) is 18.5. The molecule has 9 aromatic carbocycles. The summed E-state index contributed by atoms with van der Waals surface area (Å²) in [6.07, 6.45) is 0. The molecule has 6 nitrogen and oxygen atoms in total. The highest BCUT2D eigenvalue weighted by molar-refractivity contribution is 6.10. The molecule has 0 N–H and O–H groups in total. The minimum Gasteiger partial charge on any atom is -0.294 e. The summed E-state index contributed by atoms with van der Waals surface area (Å²) in [4.78, 5) is 21.3. The Morgan fingerprint density at radius 1 is 0.257 bits per heavy atom. The van der Waals surface area contributed by atoms with Crippen molar-refractivity contribution in [3.8, 4) is 56.9 Å². The van der Waals surface area contributed by atoms with E-state index in [4.69, 9.17) is 19.9 Å². The Labute approximate surface area is 403 Å². The molecule has 0 amide bonds. The normalized spacial score (nSPS) is 14.6. The van der Waals surface area contributed by atoms with Gasteiger partial charge in [-0.15, -0.1) is 0 Å². The molecule has 13 aromatic rings. The molecule has 4 heterocycles. The first-order valence-corrected chi connectivity index (χ1v) is 24.0. The largest absolute Gasteiger partial charge is 0.294 e. The van der Waals surface area contributed by atoms with Crippen LogP contribution in [0.5, 0.6) is 0 Å². The van der Waals surface area contributed by atoms with Gasteiger partial charge in [-0.2, -0.15) is 0 Å². The quantitative estimate of drug-likeness (QED) is 0.167. The van der Waals surface area contributed by atoms with Gasteiger partial charge in [0.25, 0.3) is 0 Å². The van der Waals surface area contributed by atoms with Gasteiger partial charge in [-0.3, -0.25) is 9.13 Å². The number of nitrogens with zero attached hydrogens (tertiary/aromatic N) is 6. The Balaban J connectivity index is 0.891. The van der Waals surface area contributed by atoms with E-state index in [0.29, 0.717) is 11.6 Å². The molecule has 2 bridgehead atoms. The van der Waals surface area contributed by atoms with Crippen molar-refractivity contribution in [3.63, 3.8) is 0 Å². The lowest BCUT2D eigenvalue weighted by molar-refractivity contribution is 0.755. The number of aromatic nitrogens is 6. The van der Waals surface area contributed by atoms with Crippen LogP contribution in [0.3, 0.4) is 0 Å². The van der Waals surface area contributed by atoms with Crippen LogP contribution < -0.4 is 0 Å². The molecule has 0 aliphatic heterocycles. The van der Waals surface area contributed by atoms with Gasteiger partial charge in [0.15, 0.2) is 11.6 Å². The maximum Gasteiger partial charge on any atom is 0.162 e. The van der Waals surface area contributed by atoms with Crippen LogP contribution in [0.15, 0.2) is 231 Å². The summed E-state index contributed by atoms with van der Waals surface area (Å²) in [5.41, 5.74) is 18.3. The predicted octanol–water partition coefficient (Wildman–Crippen LogP) is 15.1. The van der Waals surface area contributed by atoms with Crippen molar-refractivity contribution in [2.24, 2.45) is 0 Å². The highest BCUT2D eigenvalue weighted by Crippen LogP contribution is 2.57.